The van der Waals surface area contributed by atoms with Crippen molar-refractivity contribution in [2.24, 2.45) is 0 Å². The molecule has 0 aliphatic rings. The van der Waals surface area contributed by atoms with E-state index in [-0.39, 0.29) is 10.8 Å². The summed E-state index contributed by atoms with van der Waals surface area (Å²) in [5.74, 6) is -0.253. The largest absolute Gasteiger partial charge is 0.352 e. The van der Waals surface area contributed by atoms with Gasteiger partial charge in [-0.2, -0.15) is 0 Å². The van der Waals surface area contributed by atoms with Crippen molar-refractivity contribution in [2.45, 2.75) is 31.6 Å². The molecule has 0 fully saturated rings. The van der Waals surface area contributed by atoms with Crippen molar-refractivity contribution in [3.8, 4) is 0 Å². The Morgan fingerprint density at radius 2 is 1.73 bits per heavy atom. The molecule has 0 spiro atoms. The SMILES string of the molecule is Cc1cc(C(=O)NCCCc2ccccc2)cc(S(=O)(=O)N(C)C)c1C. The lowest BCUT2D eigenvalue weighted by atomic mass is 10.1. The molecule has 0 atom stereocenters. The van der Waals surface area contributed by atoms with Crippen LogP contribution in [0.3, 0.4) is 0 Å². The molecular weight excluding hydrogens is 348 g/mol. The summed E-state index contributed by atoms with van der Waals surface area (Å²) in [6.07, 6.45) is 1.71. The first-order valence-electron chi connectivity index (χ1n) is 8.59. The molecule has 0 aliphatic carbocycles. The van der Waals surface area contributed by atoms with Crippen LogP contribution < -0.4 is 5.32 Å². The van der Waals surface area contributed by atoms with E-state index in [1.165, 1.54) is 25.7 Å². The minimum absolute atomic E-state index is 0.178. The lowest BCUT2D eigenvalue weighted by Crippen LogP contribution is -2.27. The highest BCUT2D eigenvalue weighted by atomic mass is 32.2. The Morgan fingerprint density at radius 1 is 1.08 bits per heavy atom. The number of amides is 1. The normalized spacial score (nSPS) is 11.6. The summed E-state index contributed by atoms with van der Waals surface area (Å²) < 4.78 is 26.1. The van der Waals surface area contributed by atoms with Crippen LogP contribution in [0.15, 0.2) is 47.4 Å². The molecule has 0 unspecified atom stereocenters. The predicted molar refractivity (Wildman–Crippen MR) is 104 cm³/mol. The average molecular weight is 375 g/mol. The zero-order chi connectivity index (χ0) is 19.3. The van der Waals surface area contributed by atoms with Gasteiger partial charge in [-0.1, -0.05) is 30.3 Å². The van der Waals surface area contributed by atoms with Crippen molar-refractivity contribution >= 4 is 15.9 Å². The minimum Gasteiger partial charge on any atom is -0.352 e. The summed E-state index contributed by atoms with van der Waals surface area (Å²) in [5.41, 5.74) is 3.04. The van der Waals surface area contributed by atoms with Gasteiger partial charge in [0, 0.05) is 26.2 Å². The van der Waals surface area contributed by atoms with Crippen LogP contribution in [-0.4, -0.2) is 39.3 Å². The summed E-state index contributed by atoms with van der Waals surface area (Å²) in [4.78, 5) is 12.6. The van der Waals surface area contributed by atoms with Gasteiger partial charge < -0.3 is 5.32 Å². The molecule has 0 bridgehead atoms. The van der Waals surface area contributed by atoms with Crippen LogP contribution in [0.4, 0.5) is 0 Å². The van der Waals surface area contributed by atoms with Crippen LogP contribution in [0, 0.1) is 13.8 Å². The highest BCUT2D eigenvalue weighted by Gasteiger charge is 2.22. The predicted octanol–water partition coefficient (Wildman–Crippen LogP) is 2.92. The molecular formula is C20H26N2O3S. The second-order valence-electron chi connectivity index (χ2n) is 6.55. The summed E-state index contributed by atoms with van der Waals surface area (Å²) in [7, 11) is -0.621. The van der Waals surface area contributed by atoms with Crippen LogP contribution in [0.2, 0.25) is 0 Å². The van der Waals surface area contributed by atoms with Crippen LogP contribution in [0.5, 0.6) is 0 Å². The van der Waals surface area contributed by atoms with Crippen LogP contribution >= 0.6 is 0 Å². The Labute approximate surface area is 156 Å². The van der Waals surface area contributed by atoms with Gasteiger partial charge in [-0.15, -0.1) is 0 Å². The van der Waals surface area contributed by atoms with Gasteiger partial charge in [0.1, 0.15) is 0 Å². The average Bonchev–Trinajstić information content (AvgIpc) is 2.61. The van der Waals surface area contributed by atoms with Crippen molar-refractivity contribution in [2.75, 3.05) is 20.6 Å². The van der Waals surface area contributed by atoms with Crippen molar-refractivity contribution in [3.05, 3.63) is 64.7 Å². The molecule has 140 valence electrons. The molecule has 1 amide bonds. The highest BCUT2D eigenvalue weighted by Crippen LogP contribution is 2.23. The first-order valence-corrected chi connectivity index (χ1v) is 10.0. The van der Waals surface area contributed by atoms with Crippen molar-refractivity contribution in [3.63, 3.8) is 0 Å². The zero-order valence-corrected chi connectivity index (χ0v) is 16.6. The smallest absolute Gasteiger partial charge is 0.251 e. The van der Waals surface area contributed by atoms with Gasteiger partial charge in [0.25, 0.3) is 5.91 Å². The Balaban J connectivity index is 2.08. The van der Waals surface area contributed by atoms with E-state index in [2.05, 4.69) is 17.4 Å². The molecule has 2 aromatic carbocycles. The van der Waals surface area contributed by atoms with E-state index < -0.39 is 10.0 Å². The molecule has 1 N–H and O–H groups in total. The molecule has 0 radical (unpaired) electrons. The van der Waals surface area contributed by atoms with Gasteiger partial charge in [0.05, 0.1) is 4.90 Å². The third-order valence-electron chi connectivity index (χ3n) is 4.41. The summed E-state index contributed by atoms with van der Waals surface area (Å²) in [6.45, 7) is 4.11. The van der Waals surface area contributed by atoms with E-state index in [0.29, 0.717) is 17.7 Å². The van der Waals surface area contributed by atoms with Crippen molar-refractivity contribution < 1.29 is 13.2 Å². The van der Waals surface area contributed by atoms with E-state index in [9.17, 15) is 13.2 Å². The third-order valence-corrected chi connectivity index (χ3v) is 6.35. The topological polar surface area (TPSA) is 66.5 Å². The first-order chi connectivity index (χ1) is 12.2. The molecule has 0 saturated heterocycles. The van der Waals surface area contributed by atoms with E-state index in [0.717, 1.165) is 22.7 Å². The molecule has 0 saturated carbocycles. The van der Waals surface area contributed by atoms with Gasteiger partial charge in [-0.05, 0) is 55.5 Å². The molecule has 0 aliphatic heterocycles. The number of aryl methyl sites for hydroxylation is 2. The van der Waals surface area contributed by atoms with Gasteiger partial charge in [0.15, 0.2) is 0 Å². The fourth-order valence-electron chi connectivity index (χ4n) is 2.66. The number of hydrogen-bond acceptors (Lipinski definition) is 3. The number of benzene rings is 2. The molecule has 2 aromatic rings. The maximum absolute atomic E-state index is 12.5. The van der Waals surface area contributed by atoms with E-state index >= 15 is 0 Å². The van der Waals surface area contributed by atoms with E-state index in [1.807, 2.05) is 25.1 Å². The number of hydrogen-bond donors (Lipinski definition) is 1. The molecule has 5 nitrogen and oxygen atoms in total. The van der Waals surface area contributed by atoms with Gasteiger partial charge >= 0.3 is 0 Å². The lowest BCUT2D eigenvalue weighted by molar-refractivity contribution is 0.0953. The monoisotopic (exact) mass is 374 g/mol. The number of rotatable bonds is 7. The zero-order valence-electron chi connectivity index (χ0n) is 15.7. The molecule has 2 rings (SSSR count). The van der Waals surface area contributed by atoms with Gasteiger partial charge in [-0.3, -0.25) is 4.79 Å². The fourth-order valence-corrected chi connectivity index (χ4v) is 3.88. The number of sulfonamides is 1. The van der Waals surface area contributed by atoms with E-state index in [1.54, 1.807) is 13.0 Å². The summed E-state index contributed by atoms with van der Waals surface area (Å²) in [6, 6.07) is 13.3. The second kappa shape index (κ2) is 8.47. The summed E-state index contributed by atoms with van der Waals surface area (Å²) in [5, 5.41) is 2.88. The molecule has 26 heavy (non-hydrogen) atoms. The number of carbonyl (C=O) groups excluding carboxylic acids is 1. The number of nitrogens with one attached hydrogen (secondary N) is 1. The lowest BCUT2D eigenvalue weighted by Gasteiger charge is -2.16. The number of nitrogens with zero attached hydrogens (tertiary/aromatic N) is 1. The third kappa shape index (κ3) is 4.71. The van der Waals surface area contributed by atoms with Gasteiger partial charge in [0.2, 0.25) is 10.0 Å². The first kappa shape index (κ1) is 20.1. The van der Waals surface area contributed by atoms with Crippen LogP contribution in [-0.2, 0) is 16.4 Å². The molecule has 0 aromatic heterocycles. The number of carbonyl (C=O) groups is 1. The fraction of sp³-hybridized carbons (Fsp3) is 0.350. The maximum atomic E-state index is 12.5. The Morgan fingerprint density at radius 3 is 2.35 bits per heavy atom. The quantitative estimate of drug-likeness (QED) is 0.758. The maximum Gasteiger partial charge on any atom is 0.251 e. The summed E-state index contributed by atoms with van der Waals surface area (Å²) >= 11 is 0. The standard InChI is InChI=1S/C20H26N2O3S/c1-15-13-18(14-19(16(15)2)26(24,25)22(3)4)20(23)21-12-8-11-17-9-6-5-7-10-17/h5-7,9-10,13-14H,8,11-12H2,1-4H3,(H,21,23). The van der Waals surface area contributed by atoms with Crippen LogP contribution in [0.25, 0.3) is 0 Å². The van der Waals surface area contributed by atoms with Crippen molar-refractivity contribution in [1.29, 1.82) is 0 Å². The Bertz CT molecular complexity index is 875. The second-order valence-corrected chi connectivity index (χ2v) is 8.67. The molecule has 6 heteroatoms. The minimum atomic E-state index is -3.59. The van der Waals surface area contributed by atoms with Crippen molar-refractivity contribution in [1.82, 2.24) is 9.62 Å². The van der Waals surface area contributed by atoms with Crippen LogP contribution in [0.1, 0.15) is 33.5 Å². The van der Waals surface area contributed by atoms with E-state index in [4.69, 9.17) is 0 Å². The Kier molecular flexibility index (Phi) is 6.56. The molecule has 0 heterocycles. The highest BCUT2D eigenvalue weighted by molar-refractivity contribution is 7.89. The van der Waals surface area contributed by atoms with Gasteiger partial charge in [-0.25, -0.2) is 12.7 Å². The Hall–Kier alpha value is -2.18.